The highest BCUT2D eigenvalue weighted by molar-refractivity contribution is 7.99. The average molecular weight is 391 g/mol. The Morgan fingerprint density at radius 3 is 2.52 bits per heavy atom. The number of aromatic nitrogens is 2. The van der Waals surface area contributed by atoms with Gasteiger partial charge in [0.15, 0.2) is 5.16 Å². The maximum atomic E-state index is 13.1. The molecule has 1 heterocycles. The van der Waals surface area contributed by atoms with Crippen LogP contribution < -0.4 is 5.73 Å². The largest absolute Gasteiger partial charge is 0.416 e. The molecule has 3 aromatic rings. The van der Waals surface area contributed by atoms with E-state index in [1.165, 1.54) is 6.07 Å². The smallest absolute Gasteiger partial charge is 0.369 e. The summed E-state index contributed by atoms with van der Waals surface area (Å²) in [5, 5.41) is 0.392. The van der Waals surface area contributed by atoms with Crippen molar-refractivity contribution in [2.45, 2.75) is 18.3 Å². The van der Waals surface area contributed by atoms with Crippen LogP contribution in [0.25, 0.3) is 16.9 Å². The van der Waals surface area contributed by atoms with Crippen molar-refractivity contribution in [2.24, 2.45) is 5.73 Å². The molecule has 2 N–H and O–H groups in total. The molecule has 0 unspecified atom stereocenters. The van der Waals surface area contributed by atoms with Crippen LogP contribution in [-0.4, -0.2) is 21.2 Å². The predicted octanol–water partition coefficient (Wildman–Crippen LogP) is 4.44. The lowest BCUT2D eigenvalue weighted by Crippen LogP contribution is -2.14. The number of benzene rings is 2. The number of halogens is 3. The zero-order valence-corrected chi connectivity index (χ0v) is 15.1. The van der Waals surface area contributed by atoms with Crippen molar-refractivity contribution in [3.63, 3.8) is 0 Å². The van der Waals surface area contributed by atoms with Crippen molar-refractivity contribution in [1.29, 1.82) is 0 Å². The molecule has 0 saturated heterocycles. The number of nitrogens with zero attached hydrogens (tertiary/aromatic N) is 2. The van der Waals surface area contributed by atoms with Crippen LogP contribution >= 0.6 is 11.8 Å². The van der Waals surface area contributed by atoms with Gasteiger partial charge in [-0.15, -0.1) is 0 Å². The van der Waals surface area contributed by atoms with Gasteiger partial charge in [-0.05, 0) is 25.1 Å². The Morgan fingerprint density at radius 1 is 1.19 bits per heavy atom. The van der Waals surface area contributed by atoms with Crippen LogP contribution in [0.3, 0.4) is 0 Å². The third-order valence-corrected chi connectivity index (χ3v) is 4.83. The molecular weight excluding hydrogens is 375 g/mol. The minimum absolute atomic E-state index is 0.0245. The maximum absolute atomic E-state index is 13.1. The van der Waals surface area contributed by atoms with Gasteiger partial charge in [0, 0.05) is 11.3 Å². The summed E-state index contributed by atoms with van der Waals surface area (Å²) in [7, 11) is 0. The van der Waals surface area contributed by atoms with Crippen molar-refractivity contribution in [3.8, 4) is 16.9 Å². The summed E-state index contributed by atoms with van der Waals surface area (Å²) in [4.78, 5) is 15.4. The fraction of sp³-hybridized carbons (Fsp3) is 0.158. The number of hydrogen-bond donors (Lipinski definition) is 1. The van der Waals surface area contributed by atoms with E-state index in [9.17, 15) is 18.0 Å². The summed E-state index contributed by atoms with van der Waals surface area (Å²) >= 11 is 1.08. The van der Waals surface area contributed by atoms with Gasteiger partial charge in [-0.2, -0.15) is 13.2 Å². The van der Waals surface area contributed by atoms with E-state index in [2.05, 4.69) is 4.98 Å². The van der Waals surface area contributed by atoms with Crippen LogP contribution in [0.15, 0.2) is 59.9 Å². The van der Waals surface area contributed by atoms with Crippen LogP contribution in [0, 0.1) is 6.92 Å². The van der Waals surface area contributed by atoms with Gasteiger partial charge in [0.05, 0.1) is 23.2 Å². The SMILES string of the molecule is Cc1ccc(-c2cnc(SCC(N)=O)n2-c2cccc(C(F)(F)F)c2)cc1. The number of primary amides is 1. The lowest BCUT2D eigenvalue weighted by molar-refractivity contribution is -0.137. The van der Waals surface area contributed by atoms with Crippen LogP contribution in [0.4, 0.5) is 13.2 Å². The Bertz CT molecular complexity index is 965. The first kappa shape index (κ1) is 19.0. The zero-order valence-electron chi connectivity index (χ0n) is 14.3. The minimum atomic E-state index is -4.46. The van der Waals surface area contributed by atoms with Gasteiger partial charge in [-0.25, -0.2) is 4.98 Å². The molecule has 4 nitrogen and oxygen atoms in total. The highest BCUT2D eigenvalue weighted by atomic mass is 32.2. The molecule has 27 heavy (non-hydrogen) atoms. The standard InChI is InChI=1S/C19H16F3N3OS/c1-12-5-7-13(8-6-12)16-10-24-18(27-11-17(23)26)25(16)15-4-2-3-14(9-15)19(20,21)22/h2-10H,11H2,1H3,(H2,23,26). The second-order valence-corrected chi connectivity index (χ2v) is 6.87. The monoisotopic (exact) mass is 391 g/mol. The number of hydrogen-bond acceptors (Lipinski definition) is 3. The number of carbonyl (C=O) groups is 1. The topological polar surface area (TPSA) is 60.9 Å². The van der Waals surface area contributed by atoms with E-state index in [1.807, 2.05) is 31.2 Å². The van der Waals surface area contributed by atoms with Crippen molar-refractivity contribution >= 4 is 17.7 Å². The van der Waals surface area contributed by atoms with E-state index in [0.717, 1.165) is 35.0 Å². The molecule has 0 radical (unpaired) electrons. The van der Waals surface area contributed by atoms with Crippen molar-refractivity contribution in [3.05, 3.63) is 65.9 Å². The third-order valence-electron chi connectivity index (χ3n) is 3.85. The van der Waals surface area contributed by atoms with Crippen molar-refractivity contribution < 1.29 is 18.0 Å². The fourth-order valence-corrected chi connectivity index (χ4v) is 3.30. The van der Waals surface area contributed by atoms with Gasteiger partial charge in [-0.1, -0.05) is 47.7 Å². The van der Waals surface area contributed by atoms with E-state index < -0.39 is 17.6 Å². The molecule has 0 aliphatic rings. The van der Waals surface area contributed by atoms with E-state index in [0.29, 0.717) is 16.5 Å². The molecule has 2 aromatic carbocycles. The van der Waals surface area contributed by atoms with Crippen molar-refractivity contribution in [2.75, 3.05) is 5.75 Å². The zero-order chi connectivity index (χ0) is 19.6. The molecular formula is C19H16F3N3OS. The molecule has 0 saturated carbocycles. The molecule has 0 bridgehead atoms. The number of carbonyl (C=O) groups excluding carboxylic acids is 1. The molecule has 3 rings (SSSR count). The molecule has 140 valence electrons. The Morgan fingerprint density at radius 2 is 1.89 bits per heavy atom. The summed E-state index contributed by atoms with van der Waals surface area (Å²) in [6, 6.07) is 12.6. The summed E-state index contributed by atoms with van der Waals surface area (Å²) < 4.78 is 41.0. The summed E-state index contributed by atoms with van der Waals surface area (Å²) in [5.41, 5.74) is 7.24. The van der Waals surface area contributed by atoms with Gasteiger partial charge in [-0.3, -0.25) is 9.36 Å². The lowest BCUT2D eigenvalue weighted by atomic mass is 10.1. The quantitative estimate of drug-likeness (QED) is 0.654. The molecule has 0 aliphatic carbocycles. The molecule has 8 heteroatoms. The number of aryl methyl sites for hydroxylation is 1. The Balaban J connectivity index is 2.14. The van der Waals surface area contributed by atoms with E-state index >= 15 is 0 Å². The van der Waals surface area contributed by atoms with Crippen LogP contribution in [0.1, 0.15) is 11.1 Å². The number of rotatable bonds is 5. The fourth-order valence-electron chi connectivity index (χ4n) is 2.57. The Kier molecular flexibility index (Phi) is 5.27. The van der Waals surface area contributed by atoms with Gasteiger partial charge in [0.25, 0.3) is 0 Å². The van der Waals surface area contributed by atoms with Gasteiger partial charge in [0.1, 0.15) is 0 Å². The van der Waals surface area contributed by atoms with Crippen LogP contribution in [-0.2, 0) is 11.0 Å². The first-order valence-electron chi connectivity index (χ1n) is 7.99. The third kappa shape index (κ3) is 4.33. The second kappa shape index (κ2) is 7.48. The minimum Gasteiger partial charge on any atom is -0.369 e. The summed E-state index contributed by atoms with van der Waals surface area (Å²) in [5.74, 6) is -0.556. The van der Waals surface area contributed by atoms with Crippen LogP contribution in [0.5, 0.6) is 0 Å². The second-order valence-electron chi connectivity index (χ2n) is 5.93. The average Bonchev–Trinajstić information content (AvgIpc) is 3.04. The number of alkyl halides is 3. The van der Waals surface area contributed by atoms with Gasteiger partial charge in [0.2, 0.25) is 5.91 Å². The molecule has 0 spiro atoms. The number of amides is 1. The Hall–Kier alpha value is -2.74. The lowest BCUT2D eigenvalue weighted by Gasteiger charge is -2.14. The molecule has 0 fully saturated rings. The maximum Gasteiger partial charge on any atom is 0.416 e. The molecule has 0 atom stereocenters. The van der Waals surface area contributed by atoms with Crippen LogP contribution in [0.2, 0.25) is 0 Å². The number of imidazole rings is 1. The molecule has 1 amide bonds. The van der Waals surface area contributed by atoms with E-state index in [1.54, 1.807) is 16.8 Å². The normalized spacial score (nSPS) is 11.6. The highest BCUT2D eigenvalue weighted by Crippen LogP contribution is 2.34. The first-order chi connectivity index (χ1) is 12.8. The number of thioether (sulfide) groups is 1. The van der Waals surface area contributed by atoms with E-state index in [4.69, 9.17) is 5.73 Å². The predicted molar refractivity (Wildman–Crippen MR) is 98.7 cm³/mol. The highest BCUT2D eigenvalue weighted by Gasteiger charge is 2.31. The first-order valence-corrected chi connectivity index (χ1v) is 8.98. The van der Waals surface area contributed by atoms with Gasteiger partial charge >= 0.3 is 6.18 Å². The molecule has 0 aliphatic heterocycles. The van der Waals surface area contributed by atoms with Crippen molar-refractivity contribution in [1.82, 2.24) is 9.55 Å². The van der Waals surface area contributed by atoms with Gasteiger partial charge < -0.3 is 5.73 Å². The summed E-state index contributed by atoms with van der Waals surface area (Å²) in [6.45, 7) is 1.95. The van der Waals surface area contributed by atoms with E-state index in [-0.39, 0.29) is 5.75 Å². The Labute approximate surface area is 158 Å². The summed E-state index contributed by atoms with van der Waals surface area (Å²) in [6.07, 6.45) is -2.88. The molecule has 1 aromatic heterocycles. The number of nitrogens with two attached hydrogens (primary N) is 1.